The number of hydrogen-bond donors (Lipinski definition) is 1. The number of halogens is 1. The molecule has 0 radical (unpaired) electrons. The van der Waals surface area contributed by atoms with Crippen molar-refractivity contribution in [3.63, 3.8) is 0 Å². The molecule has 1 atom stereocenters. The minimum absolute atomic E-state index is 0.338. The van der Waals surface area contributed by atoms with E-state index in [-0.39, 0.29) is 0 Å². The van der Waals surface area contributed by atoms with Gasteiger partial charge in [-0.15, -0.1) is 0 Å². The van der Waals surface area contributed by atoms with Crippen LogP contribution in [0.1, 0.15) is 24.2 Å². The Morgan fingerprint density at radius 1 is 1.53 bits per heavy atom. The first kappa shape index (κ1) is 12.0. The van der Waals surface area contributed by atoms with Crippen molar-refractivity contribution >= 4 is 11.6 Å². The summed E-state index contributed by atoms with van der Waals surface area (Å²) in [6.45, 7) is 2.00. The zero-order chi connectivity index (χ0) is 12.3. The molecule has 0 aliphatic rings. The second-order valence-electron chi connectivity index (χ2n) is 3.68. The van der Waals surface area contributed by atoms with Crippen molar-refractivity contribution in [2.24, 2.45) is 0 Å². The van der Waals surface area contributed by atoms with Crippen LogP contribution >= 0.6 is 11.6 Å². The monoisotopic (exact) mass is 253 g/mol. The Morgan fingerprint density at radius 2 is 2.35 bits per heavy atom. The smallest absolute Gasteiger partial charge is 0.130 e. The van der Waals surface area contributed by atoms with Gasteiger partial charge in [0.05, 0.1) is 12.3 Å². The number of aliphatic hydroxyl groups excluding tert-OH is 1. The molecule has 0 aliphatic heterocycles. The van der Waals surface area contributed by atoms with E-state index in [0.29, 0.717) is 22.9 Å². The first-order valence-corrected chi connectivity index (χ1v) is 5.53. The normalized spacial score (nSPS) is 12.4. The Bertz CT molecular complexity index is 483. The van der Waals surface area contributed by atoms with Crippen LogP contribution in [0.2, 0.25) is 5.02 Å². The predicted molar refractivity (Wildman–Crippen MR) is 62.9 cm³/mol. The standard InChI is InChI=1S/C12H12ClNO3/c1-8(15)11-4-10(13)2-3-12(11)16-6-9-5-14-17-7-9/h2-5,7-8,15H,6H2,1H3/t8-/m0/s1. The van der Waals surface area contributed by atoms with Gasteiger partial charge in [0.2, 0.25) is 0 Å². The maximum atomic E-state index is 9.62. The van der Waals surface area contributed by atoms with Gasteiger partial charge in [0.25, 0.3) is 0 Å². The Balaban J connectivity index is 2.14. The highest BCUT2D eigenvalue weighted by Gasteiger charge is 2.10. The van der Waals surface area contributed by atoms with Crippen molar-refractivity contribution in [3.8, 4) is 5.75 Å². The van der Waals surface area contributed by atoms with E-state index in [1.165, 1.54) is 6.26 Å². The lowest BCUT2D eigenvalue weighted by atomic mass is 10.1. The molecule has 0 spiro atoms. The highest BCUT2D eigenvalue weighted by Crippen LogP contribution is 2.28. The lowest BCUT2D eigenvalue weighted by Gasteiger charge is -2.13. The minimum Gasteiger partial charge on any atom is -0.488 e. The highest BCUT2D eigenvalue weighted by molar-refractivity contribution is 6.30. The van der Waals surface area contributed by atoms with E-state index < -0.39 is 6.10 Å². The molecule has 0 saturated carbocycles. The number of hydrogen-bond acceptors (Lipinski definition) is 4. The summed E-state index contributed by atoms with van der Waals surface area (Å²) in [6, 6.07) is 5.14. The second-order valence-corrected chi connectivity index (χ2v) is 4.12. The summed E-state index contributed by atoms with van der Waals surface area (Å²) >= 11 is 5.87. The van der Waals surface area contributed by atoms with Crippen LogP contribution in [0.15, 0.2) is 35.2 Å². The van der Waals surface area contributed by atoms with Gasteiger partial charge in [0.15, 0.2) is 0 Å². The molecule has 2 rings (SSSR count). The third-order valence-electron chi connectivity index (χ3n) is 2.30. The van der Waals surface area contributed by atoms with Gasteiger partial charge in [0.1, 0.15) is 18.6 Å². The molecule has 0 unspecified atom stereocenters. The van der Waals surface area contributed by atoms with Gasteiger partial charge in [0, 0.05) is 16.1 Å². The van der Waals surface area contributed by atoms with E-state index in [9.17, 15) is 5.11 Å². The van der Waals surface area contributed by atoms with Gasteiger partial charge in [-0.05, 0) is 25.1 Å². The van der Waals surface area contributed by atoms with E-state index in [0.717, 1.165) is 5.56 Å². The summed E-state index contributed by atoms with van der Waals surface area (Å²) in [6.07, 6.45) is 2.46. The molecule has 0 fully saturated rings. The molecule has 0 aliphatic carbocycles. The van der Waals surface area contributed by atoms with Crippen LogP contribution in [0.4, 0.5) is 0 Å². The van der Waals surface area contributed by atoms with E-state index in [1.54, 1.807) is 31.3 Å². The van der Waals surface area contributed by atoms with Gasteiger partial charge in [-0.1, -0.05) is 16.8 Å². The molecule has 5 heteroatoms. The molecule has 1 heterocycles. The van der Waals surface area contributed by atoms with Crippen molar-refractivity contribution in [3.05, 3.63) is 46.8 Å². The minimum atomic E-state index is -0.633. The molecule has 1 aromatic heterocycles. The summed E-state index contributed by atoms with van der Waals surface area (Å²) < 4.78 is 10.3. The fourth-order valence-electron chi connectivity index (χ4n) is 1.44. The maximum absolute atomic E-state index is 9.62. The van der Waals surface area contributed by atoms with E-state index in [4.69, 9.17) is 20.9 Å². The number of rotatable bonds is 4. The third kappa shape index (κ3) is 2.99. The van der Waals surface area contributed by atoms with Crippen LogP contribution < -0.4 is 4.74 Å². The number of aromatic nitrogens is 1. The zero-order valence-electron chi connectivity index (χ0n) is 9.26. The molecular weight excluding hydrogens is 242 g/mol. The average molecular weight is 254 g/mol. The fraction of sp³-hybridized carbons (Fsp3) is 0.250. The Kier molecular flexibility index (Phi) is 3.66. The molecule has 1 N–H and O–H groups in total. The quantitative estimate of drug-likeness (QED) is 0.910. The van der Waals surface area contributed by atoms with Crippen LogP contribution in [-0.4, -0.2) is 10.3 Å². The predicted octanol–water partition coefficient (Wildman–Crippen LogP) is 2.96. The van der Waals surface area contributed by atoms with Crippen molar-refractivity contribution in [1.29, 1.82) is 0 Å². The largest absolute Gasteiger partial charge is 0.488 e. The molecule has 17 heavy (non-hydrogen) atoms. The van der Waals surface area contributed by atoms with Gasteiger partial charge in [-0.25, -0.2) is 0 Å². The maximum Gasteiger partial charge on any atom is 0.130 e. The van der Waals surface area contributed by atoms with Crippen LogP contribution in [0.25, 0.3) is 0 Å². The zero-order valence-corrected chi connectivity index (χ0v) is 10.0. The van der Waals surface area contributed by atoms with Gasteiger partial charge in [-0.2, -0.15) is 0 Å². The summed E-state index contributed by atoms with van der Waals surface area (Å²) in [5.41, 5.74) is 1.49. The number of aliphatic hydroxyl groups is 1. The SMILES string of the molecule is C[C@H](O)c1cc(Cl)ccc1OCc1cnoc1. The van der Waals surface area contributed by atoms with Crippen LogP contribution in [-0.2, 0) is 6.61 Å². The number of ether oxygens (including phenoxy) is 1. The molecule has 2 aromatic rings. The van der Waals surface area contributed by atoms with E-state index in [1.807, 2.05) is 0 Å². The summed E-state index contributed by atoms with van der Waals surface area (Å²) in [5.74, 6) is 0.602. The Hall–Kier alpha value is -1.52. The lowest BCUT2D eigenvalue weighted by molar-refractivity contribution is 0.190. The molecule has 1 aromatic carbocycles. The number of nitrogens with zero attached hydrogens (tertiary/aromatic N) is 1. The molecule has 0 saturated heterocycles. The third-order valence-corrected chi connectivity index (χ3v) is 2.53. The van der Waals surface area contributed by atoms with Crippen molar-refractivity contribution in [2.75, 3.05) is 0 Å². The van der Waals surface area contributed by atoms with Crippen molar-refractivity contribution < 1.29 is 14.4 Å². The average Bonchev–Trinajstić information content (AvgIpc) is 2.80. The molecule has 0 bridgehead atoms. The first-order chi connectivity index (χ1) is 8.16. The van der Waals surface area contributed by atoms with Gasteiger partial charge >= 0.3 is 0 Å². The lowest BCUT2D eigenvalue weighted by Crippen LogP contribution is -2.00. The molecule has 90 valence electrons. The fourth-order valence-corrected chi connectivity index (χ4v) is 1.62. The van der Waals surface area contributed by atoms with E-state index >= 15 is 0 Å². The van der Waals surface area contributed by atoms with Crippen molar-refractivity contribution in [2.45, 2.75) is 19.6 Å². The highest BCUT2D eigenvalue weighted by atomic mass is 35.5. The van der Waals surface area contributed by atoms with Crippen LogP contribution in [0, 0.1) is 0 Å². The molecule has 4 nitrogen and oxygen atoms in total. The van der Waals surface area contributed by atoms with Gasteiger partial charge in [-0.3, -0.25) is 0 Å². The molecular formula is C12H12ClNO3. The van der Waals surface area contributed by atoms with E-state index in [2.05, 4.69) is 5.16 Å². The number of benzene rings is 1. The summed E-state index contributed by atoms with van der Waals surface area (Å²) in [4.78, 5) is 0. The van der Waals surface area contributed by atoms with Gasteiger partial charge < -0.3 is 14.4 Å². The Labute approximate surface area is 104 Å². The molecule has 0 amide bonds. The van der Waals surface area contributed by atoms with Crippen LogP contribution in [0.3, 0.4) is 0 Å². The van der Waals surface area contributed by atoms with Crippen molar-refractivity contribution in [1.82, 2.24) is 5.16 Å². The van der Waals surface area contributed by atoms with Crippen LogP contribution in [0.5, 0.6) is 5.75 Å². The summed E-state index contributed by atoms with van der Waals surface area (Å²) in [5, 5.41) is 13.8. The topological polar surface area (TPSA) is 55.5 Å². The second kappa shape index (κ2) is 5.21. The summed E-state index contributed by atoms with van der Waals surface area (Å²) in [7, 11) is 0. The first-order valence-electron chi connectivity index (χ1n) is 5.15. The Morgan fingerprint density at radius 3 is 3.00 bits per heavy atom.